The van der Waals surface area contributed by atoms with E-state index >= 15 is 0 Å². The van der Waals surface area contributed by atoms with Gasteiger partial charge in [-0.05, 0) is 6.92 Å². The van der Waals surface area contributed by atoms with Crippen LogP contribution < -0.4 is 10.6 Å². The fraction of sp³-hybridized carbons (Fsp3) is 0.556. The van der Waals surface area contributed by atoms with Crippen LogP contribution in [0.4, 0.5) is 6.01 Å². The Balaban J connectivity index is 2.01. The van der Waals surface area contributed by atoms with Crippen molar-refractivity contribution in [3.63, 3.8) is 0 Å². The van der Waals surface area contributed by atoms with Crippen LogP contribution in [0, 0.1) is 0 Å². The summed E-state index contributed by atoms with van der Waals surface area (Å²) in [5, 5.41) is 0. The van der Waals surface area contributed by atoms with Crippen LogP contribution in [0.25, 0.3) is 0 Å². The lowest BCUT2D eigenvalue weighted by Gasteiger charge is -2.35. The number of oxazole rings is 1. The minimum absolute atomic E-state index is 0.169. The SMILES string of the molecule is CCOC(=O)c1coc(N2CC(N)C2)n1. The van der Waals surface area contributed by atoms with Crippen LogP contribution in [0.2, 0.25) is 0 Å². The van der Waals surface area contributed by atoms with Crippen molar-refractivity contribution in [3.05, 3.63) is 12.0 Å². The average molecular weight is 211 g/mol. The zero-order valence-corrected chi connectivity index (χ0v) is 8.47. The summed E-state index contributed by atoms with van der Waals surface area (Å²) >= 11 is 0. The van der Waals surface area contributed by atoms with Crippen LogP contribution in [0.1, 0.15) is 17.4 Å². The molecule has 0 aliphatic carbocycles. The second-order valence-electron chi connectivity index (χ2n) is 3.40. The highest BCUT2D eigenvalue weighted by molar-refractivity contribution is 5.87. The minimum Gasteiger partial charge on any atom is -0.461 e. The molecule has 0 atom stereocenters. The third kappa shape index (κ3) is 1.94. The number of ether oxygens (including phenoxy) is 1. The van der Waals surface area contributed by atoms with E-state index in [0.717, 1.165) is 0 Å². The molecule has 0 saturated carbocycles. The van der Waals surface area contributed by atoms with Crippen molar-refractivity contribution >= 4 is 12.0 Å². The van der Waals surface area contributed by atoms with Crippen LogP contribution in [-0.4, -0.2) is 36.7 Å². The summed E-state index contributed by atoms with van der Waals surface area (Å²) in [5.74, 6) is -0.461. The molecule has 15 heavy (non-hydrogen) atoms. The predicted molar refractivity (Wildman–Crippen MR) is 52.6 cm³/mol. The number of rotatable bonds is 3. The van der Waals surface area contributed by atoms with Gasteiger partial charge in [-0.3, -0.25) is 0 Å². The summed E-state index contributed by atoms with van der Waals surface area (Å²) in [6.45, 7) is 3.49. The first-order valence-electron chi connectivity index (χ1n) is 4.84. The highest BCUT2D eigenvalue weighted by Gasteiger charge is 2.27. The Morgan fingerprint density at radius 3 is 3.13 bits per heavy atom. The van der Waals surface area contributed by atoms with E-state index < -0.39 is 5.97 Å². The number of esters is 1. The van der Waals surface area contributed by atoms with Gasteiger partial charge in [0.05, 0.1) is 6.61 Å². The number of nitrogens with zero attached hydrogens (tertiary/aromatic N) is 2. The number of nitrogens with two attached hydrogens (primary N) is 1. The topological polar surface area (TPSA) is 81.6 Å². The summed E-state index contributed by atoms with van der Waals surface area (Å²) < 4.78 is 9.93. The van der Waals surface area contributed by atoms with Gasteiger partial charge < -0.3 is 19.8 Å². The van der Waals surface area contributed by atoms with Gasteiger partial charge in [0.2, 0.25) is 0 Å². The first kappa shape index (κ1) is 9.97. The van der Waals surface area contributed by atoms with Gasteiger partial charge in [-0.2, -0.15) is 4.98 Å². The fourth-order valence-corrected chi connectivity index (χ4v) is 1.38. The van der Waals surface area contributed by atoms with Gasteiger partial charge in [0.25, 0.3) is 6.01 Å². The van der Waals surface area contributed by atoms with Crippen molar-refractivity contribution in [1.29, 1.82) is 0 Å². The Morgan fingerprint density at radius 2 is 2.53 bits per heavy atom. The molecule has 1 aliphatic heterocycles. The molecule has 1 aromatic rings. The molecule has 0 radical (unpaired) electrons. The zero-order chi connectivity index (χ0) is 10.8. The molecule has 2 rings (SSSR count). The van der Waals surface area contributed by atoms with Gasteiger partial charge in [0.15, 0.2) is 5.69 Å². The normalized spacial score (nSPS) is 16.3. The lowest BCUT2D eigenvalue weighted by molar-refractivity contribution is 0.0519. The second kappa shape index (κ2) is 3.90. The maximum Gasteiger partial charge on any atom is 0.360 e. The molecule has 0 unspecified atom stereocenters. The number of carbonyl (C=O) groups excluding carboxylic acids is 1. The van der Waals surface area contributed by atoms with Gasteiger partial charge in [-0.1, -0.05) is 0 Å². The summed E-state index contributed by atoms with van der Waals surface area (Å²) in [4.78, 5) is 17.1. The van der Waals surface area contributed by atoms with Crippen LogP contribution in [0.15, 0.2) is 10.7 Å². The molecule has 2 heterocycles. The van der Waals surface area contributed by atoms with E-state index in [2.05, 4.69) is 4.98 Å². The lowest BCUT2D eigenvalue weighted by Crippen LogP contribution is -2.56. The van der Waals surface area contributed by atoms with Crippen molar-refractivity contribution in [1.82, 2.24) is 4.98 Å². The van der Waals surface area contributed by atoms with Crippen molar-refractivity contribution in [3.8, 4) is 0 Å². The summed E-state index contributed by atoms with van der Waals surface area (Å²) in [7, 11) is 0. The maximum atomic E-state index is 11.3. The standard InChI is InChI=1S/C9H13N3O3/c1-2-14-8(13)7-5-15-9(11-7)12-3-6(10)4-12/h5-6H,2-4,10H2,1H3. The highest BCUT2D eigenvalue weighted by Crippen LogP contribution is 2.19. The fourth-order valence-electron chi connectivity index (χ4n) is 1.38. The molecule has 6 heteroatoms. The highest BCUT2D eigenvalue weighted by atomic mass is 16.5. The molecule has 0 spiro atoms. The van der Waals surface area contributed by atoms with Crippen LogP contribution in [-0.2, 0) is 4.74 Å². The quantitative estimate of drug-likeness (QED) is 0.708. The molecular formula is C9H13N3O3. The molecule has 6 nitrogen and oxygen atoms in total. The number of aromatic nitrogens is 1. The van der Waals surface area contributed by atoms with Crippen molar-refractivity contribution in [2.24, 2.45) is 5.73 Å². The monoisotopic (exact) mass is 211 g/mol. The van der Waals surface area contributed by atoms with Crippen molar-refractivity contribution in [2.75, 3.05) is 24.6 Å². The summed E-state index contributed by atoms with van der Waals surface area (Å²) in [6.07, 6.45) is 1.30. The van der Waals surface area contributed by atoms with Crippen LogP contribution in [0.3, 0.4) is 0 Å². The van der Waals surface area contributed by atoms with Gasteiger partial charge in [-0.15, -0.1) is 0 Å². The van der Waals surface area contributed by atoms with Crippen LogP contribution in [0.5, 0.6) is 0 Å². The Hall–Kier alpha value is -1.56. The number of hydrogen-bond donors (Lipinski definition) is 1. The zero-order valence-electron chi connectivity index (χ0n) is 8.47. The Labute approximate surface area is 87.0 Å². The van der Waals surface area contributed by atoms with E-state index in [-0.39, 0.29) is 11.7 Å². The Morgan fingerprint density at radius 1 is 1.80 bits per heavy atom. The summed E-state index contributed by atoms with van der Waals surface area (Å²) in [5.41, 5.74) is 5.82. The Bertz CT molecular complexity index is 357. The van der Waals surface area contributed by atoms with E-state index in [1.165, 1.54) is 6.26 Å². The maximum absolute atomic E-state index is 11.3. The molecule has 1 aromatic heterocycles. The number of hydrogen-bond acceptors (Lipinski definition) is 6. The van der Waals surface area contributed by atoms with Gasteiger partial charge in [-0.25, -0.2) is 4.79 Å². The number of carbonyl (C=O) groups is 1. The molecule has 2 N–H and O–H groups in total. The van der Waals surface area contributed by atoms with E-state index in [0.29, 0.717) is 25.7 Å². The van der Waals surface area contributed by atoms with Crippen molar-refractivity contribution < 1.29 is 13.9 Å². The van der Waals surface area contributed by atoms with Gasteiger partial charge in [0, 0.05) is 19.1 Å². The van der Waals surface area contributed by atoms with E-state index in [9.17, 15) is 4.79 Å². The molecule has 1 saturated heterocycles. The molecule has 82 valence electrons. The van der Waals surface area contributed by atoms with Gasteiger partial charge >= 0.3 is 5.97 Å². The van der Waals surface area contributed by atoms with Gasteiger partial charge in [0.1, 0.15) is 6.26 Å². The first-order valence-corrected chi connectivity index (χ1v) is 4.84. The van der Waals surface area contributed by atoms with E-state index in [1.54, 1.807) is 6.92 Å². The molecular weight excluding hydrogens is 198 g/mol. The lowest BCUT2D eigenvalue weighted by atomic mass is 10.1. The third-order valence-corrected chi connectivity index (χ3v) is 2.16. The smallest absolute Gasteiger partial charge is 0.360 e. The molecule has 0 aromatic carbocycles. The van der Waals surface area contributed by atoms with Crippen molar-refractivity contribution in [2.45, 2.75) is 13.0 Å². The summed E-state index contributed by atoms with van der Waals surface area (Å²) in [6, 6.07) is 0.600. The third-order valence-electron chi connectivity index (χ3n) is 2.16. The molecule has 1 fully saturated rings. The minimum atomic E-state index is -0.461. The van der Waals surface area contributed by atoms with E-state index in [1.807, 2.05) is 4.90 Å². The predicted octanol–water partition coefficient (Wildman–Crippen LogP) is -0.00140. The second-order valence-corrected chi connectivity index (χ2v) is 3.40. The average Bonchev–Trinajstić information content (AvgIpc) is 2.62. The first-order chi connectivity index (χ1) is 7.20. The van der Waals surface area contributed by atoms with E-state index in [4.69, 9.17) is 14.9 Å². The van der Waals surface area contributed by atoms with Crippen LogP contribution >= 0.6 is 0 Å². The molecule has 0 bridgehead atoms. The molecule has 1 aliphatic rings. The number of anilines is 1. The largest absolute Gasteiger partial charge is 0.461 e. The molecule has 0 amide bonds. The Kier molecular flexibility index (Phi) is 2.59.